The molecule has 0 radical (unpaired) electrons. The van der Waals surface area contributed by atoms with Crippen molar-refractivity contribution in [2.45, 2.75) is 58.7 Å². The number of carbonyl (C=O) groups excluding carboxylic acids is 1. The van der Waals surface area contributed by atoms with Gasteiger partial charge in [-0.15, -0.1) is 0 Å². The maximum Gasteiger partial charge on any atom is 0.494 e. The Labute approximate surface area is 138 Å². The Bertz CT molecular complexity index is 526. The fourth-order valence-corrected chi connectivity index (χ4v) is 2.18. The lowest BCUT2D eigenvalue weighted by molar-refractivity contribution is 0.00578. The average molecular weight is 319 g/mol. The van der Waals surface area contributed by atoms with E-state index in [0.29, 0.717) is 12.3 Å². The quantitative estimate of drug-likeness (QED) is 0.670. The molecule has 5 nitrogen and oxygen atoms in total. The Morgan fingerprint density at radius 3 is 2.22 bits per heavy atom. The summed E-state index contributed by atoms with van der Waals surface area (Å²) in [6.45, 7) is 10.8. The molecule has 1 aromatic carbocycles. The first-order chi connectivity index (χ1) is 10.7. The zero-order chi connectivity index (χ0) is 17.1. The predicted octanol–water partition coefficient (Wildman–Crippen LogP) is 2.87. The third-order valence-corrected chi connectivity index (χ3v) is 4.42. The number of nitrogens with one attached hydrogen (secondary N) is 1. The lowest BCUT2D eigenvalue weighted by Gasteiger charge is -2.32. The summed E-state index contributed by atoms with van der Waals surface area (Å²) in [6, 6.07) is 7.22. The highest BCUT2D eigenvalue weighted by atomic mass is 16.7. The number of benzene rings is 1. The number of carbonyl (C=O) groups is 1. The Balaban J connectivity index is 1.94. The topological polar surface area (TPSA) is 56.8 Å². The molecule has 1 saturated heterocycles. The van der Waals surface area contributed by atoms with E-state index < -0.39 is 13.2 Å². The van der Waals surface area contributed by atoms with Gasteiger partial charge in [0.1, 0.15) is 5.75 Å². The van der Waals surface area contributed by atoms with Crippen LogP contribution >= 0.6 is 0 Å². The van der Waals surface area contributed by atoms with E-state index in [4.69, 9.17) is 14.0 Å². The van der Waals surface area contributed by atoms with E-state index in [0.717, 1.165) is 18.3 Å². The summed E-state index contributed by atoms with van der Waals surface area (Å²) in [4.78, 5) is 11.6. The second-order valence-electron chi connectivity index (χ2n) is 6.83. The van der Waals surface area contributed by atoms with Crippen molar-refractivity contribution in [3.63, 3.8) is 0 Å². The molecule has 1 aliphatic heterocycles. The maximum absolute atomic E-state index is 11.6. The van der Waals surface area contributed by atoms with Crippen molar-refractivity contribution in [1.82, 2.24) is 5.32 Å². The summed E-state index contributed by atoms with van der Waals surface area (Å²) in [5.74, 6) is 0.499. The van der Waals surface area contributed by atoms with Crippen LogP contribution in [-0.4, -0.2) is 31.0 Å². The van der Waals surface area contributed by atoms with Gasteiger partial charge >= 0.3 is 13.2 Å². The van der Waals surface area contributed by atoms with Crippen LogP contribution in [0, 0.1) is 0 Å². The molecule has 1 heterocycles. The third kappa shape index (κ3) is 4.27. The van der Waals surface area contributed by atoms with Crippen molar-refractivity contribution < 1.29 is 18.8 Å². The fourth-order valence-electron chi connectivity index (χ4n) is 2.18. The molecular formula is C17H26BNO4. The summed E-state index contributed by atoms with van der Waals surface area (Å²) in [5, 5.41) is 2.71. The van der Waals surface area contributed by atoms with Crippen molar-refractivity contribution in [3.8, 4) is 5.75 Å². The van der Waals surface area contributed by atoms with Gasteiger partial charge < -0.3 is 19.4 Å². The summed E-state index contributed by atoms with van der Waals surface area (Å²) in [5.41, 5.74) is 0.167. The Hall–Kier alpha value is -1.53. The van der Waals surface area contributed by atoms with Gasteiger partial charge in [0.2, 0.25) is 0 Å². The standard InChI is InChI=1S/C17H26BNO4/c1-6-7-12-19-15(20)21-14-10-8-13(9-11-14)18-22-16(2,3)17(4,5)23-18/h8-11H,6-7,12H2,1-5H3,(H,19,20). The number of hydrogen-bond donors (Lipinski definition) is 1. The van der Waals surface area contributed by atoms with Crippen LogP contribution in [0.25, 0.3) is 0 Å². The van der Waals surface area contributed by atoms with Gasteiger partial charge in [-0.3, -0.25) is 0 Å². The lowest BCUT2D eigenvalue weighted by atomic mass is 9.79. The van der Waals surface area contributed by atoms with Crippen molar-refractivity contribution in [2.75, 3.05) is 6.54 Å². The number of hydrogen-bond acceptors (Lipinski definition) is 4. The van der Waals surface area contributed by atoms with Crippen LogP contribution in [0.4, 0.5) is 4.79 Å². The van der Waals surface area contributed by atoms with E-state index >= 15 is 0 Å². The van der Waals surface area contributed by atoms with Crippen molar-refractivity contribution in [1.29, 1.82) is 0 Å². The number of rotatable bonds is 5. The van der Waals surface area contributed by atoms with E-state index in [1.54, 1.807) is 12.1 Å². The second kappa shape index (κ2) is 6.93. The zero-order valence-electron chi connectivity index (χ0n) is 14.6. The van der Waals surface area contributed by atoms with E-state index in [1.807, 2.05) is 39.8 Å². The summed E-state index contributed by atoms with van der Waals surface area (Å²) < 4.78 is 17.2. The normalized spacial score (nSPS) is 18.7. The third-order valence-electron chi connectivity index (χ3n) is 4.42. The molecule has 1 fully saturated rings. The fraction of sp³-hybridized carbons (Fsp3) is 0.588. The molecule has 0 aromatic heterocycles. The van der Waals surface area contributed by atoms with Gasteiger partial charge in [-0.2, -0.15) is 0 Å². The predicted molar refractivity (Wildman–Crippen MR) is 91.1 cm³/mol. The van der Waals surface area contributed by atoms with Crippen LogP contribution in [0.3, 0.4) is 0 Å². The molecule has 1 N–H and O–H groups in total. The number of unbranched alkanes of at least 4 members (excludes halogenated alkanes) is 1. The van der Waals surface area contributed by atoms with E-state index in [2.05, 4.69) is 12.2 Å². The SMILES string of the molecule is CCCCNC(=O)Oc1ccc(B2OC(C)(C)C(C)(C)O2)cc1. The van der Waals surface area contributed by atoms with E-state index in [1.165, 1.54) is 0 Å². The molecule has 0 saturated carbocycles. The monoisotopic (exact) mass is 319 g/mol. The molecule has 2 rings (SSSR count). The molecule has 126 valence electrons. The molecule has 0 bridgehead atoms. The number of amides is 1. The van der Waals surface area contributed by atoms with Gasteiger partial charge in [0.15, 0.2) is 0 Å². The highest BCUT2D eigenvalue weighted by molar-refractivity contribution is 6.62. The highest BCUT2D eigenvalue weighted by Gasteiger charge is 2.51. The Morgan fingerprint density at radius 1 is 1.13 bits per heavy atom. The van der Waals surface area contributed by atoms with Crippen LogP contribution in [0.15, 0.2) is 24.3 Å². The molecular weight excluding hydrogens is 293 g/mol. The molecule has 6 heteroatoms. The van der Waals surface area contributed by atoms with Crippen molar-refractivity contribution >= 4 is 18.7 Å². The van der Waals surface area contributed by atoms with Gasteiger partial charge in [0, 0.05) is 6.54 Å². The summed E-state index contributed by atoms with van der Waals surface area (Å²) in [6.07, 6.45) is 1.54. The van der Waals surface area contributed by atoms with Crippen LogP contribution < -0.4 is 15.5 Å². The highest BCUT2D eigenvalue weighted by Crippen LogP contribution is 2.36. The molecule has 23 heavy (non-hydrogen) atoms. The minimum Gasteiger partial charge on any atom is -0.410 e. The summed E-state index contributed by atoms with van der Waals surface area (Å²) >= 11 is 0. The maximum atomic E-state index is 11.6. The van der Waals surface area contributed by atoms with E-state index in [-0.39, 0.29) is 11.2 Å². The van der Waals surface area contributed by atoms with Gasteiger partial charge in [-0.1, -0.05) is 25.5 Å². The first kappa shape index (κ1) is 17.8. The molecule has 1 amide bonds. The average Bonchev–Trinajstić information content (AvgIpc) is 2.68. The van der Waals surface area contributed by atoms with Crippen LogP contribution in [0.5, 0.6) is 5.75 Å². The Kier molecular flexibility index (Phi) is 5.37. The van der Waals surface area contributed by atoms with Crippen LogP contribution in [0.1, 0.15) is 47.5 Å². The summed E-state index contributed by atoms with van der Waals surface area (Å²) in [7, 11) is -0.410. The molecule has 0 spiro atoms. The molecule has 1 aliphatic rings. The largest absolute Gasteiger partial charge is 0.494 e. The minimum absolute atomic E-state index is 0.369. The molecule has 1 aromatic rings. The van der Waals surface area contributed by atoms with E-state index in [9.17, 15) is 4.79 Å². The van der Waals surface area contributed by atoms with Crippen LogP contribution in [-0.2, 0) is 9.31 Å². The number of ether oxygens (including phenoxy) is 1. The molecule has 0 unspecified atom stereocenters. The first-order valence-electron chi connectivity index (χ1n) is 8.16. The zero-order valence-corrected chi connectivity index (χ0v) is 14.6. The smallest absolute Gasteiger partial charge is 0.410 e. The minimum atomic E-state index is -0.429. The Morgan fingerprint density at radius 2 is 1.70 bits per heavy atom. The lowest BCUT2D eigenvalue weighted by Crippen LogP contribution is -2.41. The molecule has 0 aliphatic carbocycles. The first-order valence-corrected chi connectivity index (χ1v) is 8.16. The van der Waals surface area contributed by atoms with Crippen molar-refractivity contribution in [3.05, 3.63) is 24.3 Å². The van der Waals surface area contributed by atoms with Gasteiger partial charge in [0.05, 0.1) is 11.2 Å². The second-order valence-corrected chi connectivity index (χ2v) is 6.83. The van der Waals surface area contributed by atoms with Gasteiger partial charge in [0.25, 0.3) is 0 Å². The molecule has 0 atom stereocenters. The van der Waals surface area contributed by atoms with Crippen LogP contribution in [0.2, 0.25) is 0 Å². The van der Waals surface area contributed by atoms with Gasteiger partial charge in [-0.05, 0) is 51.7 Å². The van der Waals surface area contributed by atoms with Gasteiger partial charge in [-0.25, -0.2) is 4.79 Å². The van der Waals surface area contributed by atoms with Crippen molar-refractivity contribution in [2.24, 2.45) is 0 Å².